The van der Waals surface area contributed by atoms with Crippen molar-refractivity contribution in [3.63, 3.8) is 0 Å². The molecule has 0 heterocycles. The number of benzene rings is 2. The lowest BCUT2D eigenvalue weighted by atomic mass is 10.2. The van der Waals surface area contributed by atoms with Crippen molar-refractivity contribution in [1.82, 2.24) is 5.32 Å². The molecule has 0 aromatic heterocycles. The van der Waals surface area contributed by atoms with Crippen LogP contribution in [0.25, 0.3) is 0 Å². The first kappa shape index (κ1) is 15.8. The van der Waals surface area contributed by atoms with Crippen molar-refractivity contribution in [1.29, 1.82) is 0 Å². The Morgan fingerprint density at radius 2 is 1.90 bits per heavy atom. The first-order valence-corrected chi connectivity index (χ1v) is 6.98. The molecule has 0 saturated carbocycles. The van der Waals surface area contributed by atoms with E-state index in [1.807, 2.05) is 0 Å². The van der Waals surface area contributed by atoms with Crippen molar-refractivity contribution < 1.29 is 13.9 Å². The summed E-state index contributed by atoms with van der Waals surface area (Å²) in [5.41, 5.74) is 0.751. The van der Waals surface area contributed by atoms with Gasteiger partial charge in [-0.2, -0.15) is 0 Å². The zero-order valence-corrected chi connectivity index (χ0v) is 12.5. The van der Waals surface area contributed by atoms with Crippen LogP contribution in [-0.2, 0) is 11.3 Å². The Hall–Kier alpha value is -1.62. The van der Waals surface area contributed by atoms with Gasteiger partial charge in [0.2, 0.25) is 0 Å². The van der Waals surface area contributed by atoms with Crippen molar-refractivity contribution in [2.24, 2.45) is 0 Å². The lowest BCUT2D eigenvalue weighted by molar-refractivity contribution is 0.199. The van der Waals surface area contributed by atoms with Crippen molar-refractivity contribution in [2.75, 3.05) is 20.3 Å². The SMILES string of the molecule is COCCNCc1cc(F)ccc1Oc1ccc(Cl)cc1. The highest BCUT2D eigenvalue weighted by Crippen LogP contribution is 2.27. The van der Waals surface area contributed by atoms with E-state index in [2.05, 4.69) is 5.32 Å². The summed E-state index contributed by atoms with van der Waals surface area (Å²) in [5.74, 6) is 0.981. The highest BCUT2D eigenvalue weighted by Gasteiger charge is 2.07. The van der Waals surface area contributed by atoms with Gasteiger partial charge in [0, 0.05) is 30.8 Å². The van der Waals surface area contributed by atoms with E-state index in [0.717, 1.165) is 5.56 Å². The van der Waals surface area contributed by atoms with Gasteiger partial charge in [-0.25, -0.2) is 4.39 Å². The molecule has 2 aromatic rings. The van der Waals surface area contributed by atoms with Gasteiger partial charge in [-0.15, -0.1) is 0 Å². The van der Waals surface area contributed by atoms with Crippen molar-refractivity contribution in [3.05, 3.63) is 58.9 Å². The smallest absolute Gasteiger partial charge is 0.132 e. The van der Waals surface area contributed by atoms with E-state index in [4.69, 9.17) is 21.1 Å². The van der Waals surface area contributed by atoms with E-state index in [9.17, 15) is 4.39 Å². The number of nitrogens with one attached hydrogen (secondary N) is 1. The Morgan fingerprint density at radius 1 is 1.14 bits per heavy atom. The minimum Gasteiger partial charge on any atom is -0.457 e. The average molecular weight is 310 g/mol. The van der Waals surface area contributed by atoms with Crippen LogP contribution >= 0.6 is 11.6 Å². The molecular weight excluding hydrogens is 293 g/mol. The van der Waals surface area contributed by atoms with Crippen molar-refractivity contribution >= 4 is 11.6 Å². The molecule has 0 aliphatic carbocycles. The minimum absolute atomic E-state index is 0.290. The van der Waals surface area contributed by atoms with Crippen LogP contribution in [0.2, 0.25) is 5.02 Å². The maximum atomic E-state index is 13.4. The molecule has 0 aliphatic rings. The Kier molecular flexibility index (Phi) is 5.99. The third-order valence-electron chi connectivity index (χ3n) is 2.86. The normalized spacial score (nSPS) is 10.6. The first-order chi connectivity index (χ1) is 10.2. The third kappa shape index (κ3) is 5.01. The van der Waals surface area contributed by atoms with E-state index in [1.54, 1.807) is 37.4 Å². The van der Waals surface area contributed by atoms with Crippen LogP contribution in [0.3, 0.4) is 0 Å². The van der Waals surface area contributed by atoms with Gasteiger partial charge in [0.1, 0.15) is 17.3 Å². The van der Waals surface area contributed by atoms with Crippen molar-refractivity contribution in [3.8, 4) is 11.5 Å². The second-order valence-corrected chi connectivity index (χ2v) is 4.91. The summed E-state index contributed by atoms with van der Waals surface area (Å²) in [6.45, 7) is 1.79. The molecule has 2 rings (SSSR count). The number of rotatable bonds is 7. The van der Waals surface area contributed by atoms with Crippen molar-refractivity contribution in [2.45, 2.75) is 6.54 Å². The summed E-state index contributed by atoms with van der Waals surface area (Å²) in [5, 5.41) is 3.81. The Morgan fingerprint density at radius 3 is 2.62 bits per heavy atom. The van der Waals surface area contributed by atoms with Gasteiger partial charge in [-0.1, -0.05) is 11.6 Å². The standard InChI is InChI=1S/C16H17ClFNO2/c1-20-9-8-19-11-12-10-14(18)4-7-16(12)21-15-5-2-13(17)3-6-15/h2-7,10,19H,8-9,11H2,1H3. The molecule has 2 aromatic carbocycles. The monoisotopic (exact) mass is 309 g/mol. The van der Waals surface area contributed by atoms with Gasteiger partial charge >= 0.3 is 0 Å². The van der Waals surface area contributed by atoms with Crippen LogP contribution in [-0.4, -0.2) is 20.3 Å². The molecule has 0 fully saturated rings. The summed E-state index contributed by atoms with van der Waals surface area (Å²) in [6.07, 6.45) is 0. The molecule has 3 nitrogen and oxygen atoms in total. The molecule has 1 N–H and O–H groups in total. The first-order valence-electron chi connectivity index (χ1n) is 6.60. The molecular formula is C16H17ClFNO2. The summed E-state index contributed by atoms with van der Waals surface area (Å²) in [4.78, 5) is 0. The van der Waals surface area contributed by atoms with Gasteiger partial charge in [0.25, 0.3) is 0 Å². The molecule has 0 spiro atoms. The molecule has 0 radical (unpaired) electrons. The quantitative estimate of drug-likeness (QED) is 0.784. The fourth-order valence-corrected chi connectivity index (χ4v) is 1.94. The maximum absolute atomic E-state index is 13.4. The van der Waals surface area contributed by atoms with Gasteiger partial charge in [-0.05, 0) is 42.5 Å². The third-order valence-corrected chi connectivity index (χ3v) is 3.11. The highest BCUT2D eigenvalue weighted by atomic mass is 35.5. The molecule has 0 amide bonds. The van der Waals surface area contributed by atoms with Gasteiger partial charge in [-0.3, -0.25) is 0 Å². The zero-order chi connectivity index (χ0) is 15.1. The summed E-state index contributed by atoms with van der Waals surface area (Å²) in [6, 6.07) is 11.5. The topological polar surface area (TPSA) is 30.5 Å². The van der Waals surface area contributed by atoms with E-state index >= 15 is 0 Å². The fraction of sp³-hybridized carbons (Fsp3) is 0.250. The van der Waals surface area contributed by atoms with Crippen LogP contribution in [0.15, 0.2) is 42.5 Å². The summed E-state index contributed by atoms with van der Waals surface area (Å²) < 4.78 is 24.1. The van der Waals surface area contributed by atoms with E-state index in [-0.39, 0.29) is 5.82 Å². The number of methoxy groups -OCH3 is 1. The molecule has 21 heavy (non-hydrogen) atoms. The van der Waals surface area contributed by atoms with Gasteiger partial charge in [0.05, 0.1) is 6.61 Å². The Balaban J connectivity index is 2.08. The van der Waals surface area contributed by atoms with Crippen LogP contribution in [0.1, 0.15) is 5.56 Å². The Bertz CT molecular complexity index is 575. The lowest BCUT2D eigenvalue weighted by Gasteiger charge is -2.12. The summed E-state index contributed by atoms with van der Waals surface area (Å²) in [7, 11) is 1.64. The van der Waals surface area contributed by atoms with Crippen LogP contribution in [0.4, 0.5) is 4.39 Å². The fourth-order valence-electron chi connectivity index (χ4n) is 1.81. The number of hydrogen-bond acceptors (Lipinski definition) is 3. The zero-order valence-electron chi connectivity index (χ0n) is 11.7. The van der Waals surface area contributed by atoms with Gasteiger partial charge < -0.3 is 14.8 Å². The van der Waals surface area contributed by atoms with Crippen LogP contribution in [0, 0.1) is 5.82 Å². The average Bonchev–Trinajstić information content (AvgIpc) is 2.48. The van der Waals surface area contributed by atoms with E-state index in [0.29, 0.717) is 36.2 Å². The predicted octanol–water partition coefficient (Wildman–Crippen LogP) is 4.01. The largest absolute Gasteiger partial charge is 0.457 e. The Labute approximate surface area is 128 Å². The molecule has 0 aliphatic heterocycles. The van der Waals surface area contributed by atoms with E-state index < -0.39 is 0 Å². The molecule has 0 atom stereocenters. The maximum Gasteiger partial charge on any atom is 0.132 e. The lowest BCUT2D eigenvalue weighted by Crippen LogP contribution is -2.19. The number of halogens is 2. The predicted molar refractivity (Wildman–Crippen MR) is 81.5 cm³/mol. The number of ether oxygens (including phenoxy) is 2. The molecule has 5 heteroatoms. The van der Waals surface area contributed by atoms with Crippen LogP contribution < -0.4 is 10.1 Å². The second kappa shape index (κ2) is 7.98. The summed E-state index contributed by atoms with van der Waals surface area (Å²) >= 11 is 5.84. The molecule has 112 valence electrons. The molecule has 0 unspecified atom stereocenters. The van der Waals surface area contributed by atoms with Crippen LogP contribution in [0.5, 0.6) is 11.5 Å². The molecule has 0 saturated heterocycles. The minimum atomic E-state index is -0.290. The van der Waals surface area contributed by atoms with E-state index in [1.165, 1.54) is 12.1 Å². The second-order valence-electron chi connectivity index (χ2n) is 4.48. The van der Waals surface area contributed by atoms with Gasteiger partial charge in [0.15, 0.2) is 0 Å². The molecule has 0 bridgehead atoms. The highest BCUT2D eigenvalue weighted by molar-refractivity contribution is 6.30. The number of hydrogen-bond donors (Lipinski definition) is 1.